The smallest absolute Gasteiger partial charge is 0.239 e. The van der Waals surface area contributed by atoms with Crippen LogP contribution in [0.2, 0.25) is 0 Å². The van der Waals surface area contributed by atoms with Crippen LogP contribution in [0.1, 0.15) is 38.7 Å². The lowest BCUT2D eigenvalue weighted by Crippen LogP contribution is -2.50. The van der Waals surface area contributed by atoms with Gasteiger partial charge in [0, 0.05) is 13.1 Å². The number of nitrogens with two attached hydrogens (primary N) is 1. The van der Waals surface area contributed by atoms with Gasteiger partial charge >= 0.3 is 0 Å². The fraction of sp³-hybridized carbons (Fsp3) is 0.632. The van der Waals surface area contributed by atoms with E-state index < -0.39 is 0 Å². The Balaban J connectivity index is 1.68. The van der Waals surface area contributed by atoms with Crippen LogP contribution in [0.4, 0.5) is 0 Å². The number of amides is 1. The molecule has 1 aromatic carbocycles. The molecule has 4 nitrogen and oxygen atoms in total. The summed E-state index contributed by atoms with van der Waals surface area (Å²) in [4.78, 5) is 14.3. The second-order valence-corrected chi connectivity index (χ2v) is 6.54. The first kappa shape index (κ1) is 18.0. The summed E-state index contributed by atoms with van der Waals surface area (Å²) in [5.74, 6) is 0.337. The Hall–Kier alpha value is -1.39. The maximum Gasteiger partial charge on any atom is 0.239 e. The van der Waals surface area contributed by atoms with Gasteiger partial charge in [-0.1, -0.05) is 50.6 Å². The molecule has 2 unspecified atom stereocenters. The van der Waals surface area contributed by atoms with Crippen molar-refractivity contribution in [3.05, 3.63) is 35.9 Å². The molecule has 2 rings (SSSR count). The van der Waals surface area contributed by atoms with Crippen molar-refractivity contribution >= 4 is 5.91 Å². The molecule has 23 heavy (non-hydrogen) atoms. The van der Waals surface area contributed by atoms with Crippen molar-refractivity contribution < 1.29 is 9.53 Å². The first-order valence-corrected chi connectivity index (χ1v) is 8.81. The molecule has 0 radical (unpaired) electrons. The zero-order valence-electron chi connectivity index (χ0n) is 14.4. The first-order chi connectivity index (χ1) is 11.1. The largest absolute Gasteiger partial charge is 0.378 e. The molecule has 0 aliphatic carbocycles. The van der Waals surface area contributed by atoms with Crippen LogP contribution in [-0.2, 0) is 16.0 Å². The Morgan fingerprint density at radius 2 is 1.96 bits per heavy atom. The van der Waals surface area contributed by atoms with E-state index in [2.05, 4.69) is 31.2 Å². The summed E-state index contributed by atoms with van der Waals surface area (Å²) in [7, 11) is 0. The van der Waals surface area contributed by atoms with E-state index >= 15 is 0 Å². The number of ether oxygens (including phenoxy) is 1. The summed E-state index contributed by atoms with van der Waals surface area (Å²) in [6.45, 7) is 6.39. The molecule has 1 aliphatic rings. The quantitative estimate of drug-likeness (QED) is 0.841. The van der Waals surface area contributed by atoms with Crippen molar-refractivity contribution in [2.75, 3.05) is 19.7 Å². The highest BCUT2D eigenvalue weighted by Gasteiger charge is 2.28. The van der Waals surface area contributed by atoms with E-state index in [9.17, 15) is 4.79 Å². The third-order valence-electron chi connectivity index (χ3n) is 4.88. The van der Waals surface area contributed by atoms with E-state index in [1.165, 1.54) is 5.56 Å². The highest BCUT2D eigenvalue weighted by atomic mass is 16.5. The SMILES string of the molecule is CCC(C)C(N)C(=O)N1CCC(OCCc2ccccc2)CC1. The Morgan fingerprint density at radius 1 is 1.30 bits per heavy atom. The monoisotopic (exact) mass is 318 g/mol. The summed E-state index contributed by atoms with van der Waals surface area (Å²) in [6.07, 6.45) is 3.97. The number of hydrogen-bond acceptors (Lipinski definition) is 3. The van der Waals surface area contributed by atoms with Crippen molar-refractivity contribution in [2.24, 2.45) is 11.7 Å². The summed E-state index contributed by atoms with van der Waals surface area (Å²) < 4.78 is 5.97. The van der Waals surface area contributed by atoms with Gasteiger partial charge in [-0.15, -0.1) is 0 Å². The lowest BCUT2D eigenvalue weighted by Gasteiger charge is -2.34. The Bertz CT molecular complexity index is 470. The van der Waals surface area contributed by atoms with Crippen LogP contribution in [0.15, 0.2) is 30.3 Å². The molecule has 1 aromatic rings. The average Bonchev–Trinajstić information content (AvgIpc) is 2.61. The van der Waals surface area contributed by atoms with Gasteiger partial charge in [-0.05, 0) is 30.7 Å². The van der Waals surface area contributed by atoms with Gasteiger partial charge < -0.3 is 15.4 Å². The van der Waals surface area contributed by atoms with Gasteiger partial charge in [0.15, 0.2) is 0 Å². The van der Waals surface area contributed by atoms with E-state index in [0.29, 0.717) is 0 Å². The van der Waals surface area contributed by atoms with Crippen molar-refractivity contribution in [3.63, 3.8) is 0 Å². The van der Waals surface area contributed by atoms with Crippen LogP contribution in [0.25, 0.3) is 0 Å². The molecule has 4 heteroatoms. The summed E-state index contributed by atoms with van der Waals surface area (Å²) in [6, 6.07) is 10.0. The van der Waals surface area contributed by atoms with E-state index in [0.717, 1.165) is 45.4 Å². The molecule has 1 aliphatic heterocycles. The summed E-state index contributed by atoms with van der Waals surface area (Å²) in [5.41, 5.74) is 7.36. The zero-order chi connectivity index (χ0) is 16.7. The molecule has 2 atom stereocenters. The van der Waals surface area contributed by atoms with Gasteiger partial charge in [0.2, 0.25) is 5.91 Å². The minimum atomic E-state index is -0.365. The highest BCUT2D eigenvalue weighted by molar-refractivity contribution is 5.82. The summed E-state index contributed by atoms with van der Waals surface area (Å²) >= 11 is 0. The maximum absolute atomic E-state index is 12.4. The second-order valence-electron chi connectivity index (χ2n) is 6.54. The maximum atomic E-state index is 12.4. The number of carbonyl (C=O) groups is 1. The van der Waals surface area contributed by atoms with Crippen molar-refractivity contribution in [1.82, 2.24) is 4.90 Å². The first-order valence-electron chi connectivity index (χ1n) is 8.81. The van der Waals surface area contributed by atoms with Crippen LogP contribution >= 0.6 is 0 Å². The third kappa shape index (κ3) is 5.33. The summed E-state index contributed by atoms with van der Waals surface area (Å²) in [5, 5.41) is 0. The fourth-order valence-electron chi connectivity index (χ4n) is 2.94. The number of piperidine rings is 1. The van der Waals surface area contributed by atoms with Gasteiger partial charge in [-0.2, -0.15) is 0 Å². The van der Waals surface area contributed by atoms with Crippen LogP contribution in [0.3, 0.4) is 0 Å². The fourth-order valence-corrected chi connectivity index (χ4v) is 2.94. The molecule has 0 bridgehead atoms. The van der Waals surface area contributed by atoms with Gasteiger partial charge in [0.25, 0.3) is 0 Å². The van der Waals surface area contributed by atoms with Crippen molar-refractivity contribution in [2.45, 2.75) is 51.7 Å². The lowest BCUT2D eigenvalue weighted by molar-refractivity contribution is -0.136. The number of likely N-dealkylation sites (tertiary alicyclic amines) is 1. The standard InChI is InChI=1S/C19H30N2O2/c1-3-15(2)18(20)19(22)21-12-9-17(10-13-21)23-14-11-16-7-5-4-6-8-16/h4-8,15,17-18H,3,9-14,20H2,1-2H3. The molecule has 0 aromatic heterocycles. The molecule has 0 saturated carbocycles. The van der Waals surface area contributed by atoms with Crippen LogP contribution in [0, 0.1) is 5.92 Å². The number of nitrogens with zero attached hydrogens (tertiary/aromatic N) is 1. The minimum Gasteiger partial charge on any atom is -0.378 e. The van der Waals surface area contributed by atoms with Gasteiger partial charge in [0.1, 0.15) is 0 Å². The number of rotatable bonds is 7. The van der Waals surface area contributed by atoms with Gasteiger partial charge in [-0.25, -0.2) is 0 Å². The second kappa shape index (κ2) is 9.04. The molecule has 1 fully saturated rings. The lowest BCUT2D eigenvalue weighted by atomic mass is 9.97. The van der Waals surface area contributed by atoms with Gasteiger partial charge in [-0.3, -0.25) is 4.79 Å². The van der Waals surface area contributed by atoms with Crippen molar-refractivity contribution in [3.8, 4) is 0 Å². The van der Waals surface area contributed by atoms with Crippen molar-refractivity contribution in [1.29, 1.82) is 0 Å². The van der Waals surface area contributed by atoms with Crippen LogP contribution in [-0.4, -0.2) is 42.6 Å². The molecule has 1 saturated heterocycles. The zero-order valence-corrected chi connectivity index (χ0v) is 14.4. The van der Waals surface area contributed by atoms with E-state index in [4.69, 9.17) is 10.5 Å². The molecule has 0 spiro atoms. The molecule has 1 amide bonds. The normalized spacial score (nSPS) is 18.7. The number of benzene rings is 1. The Kier molecular flexibility index (Phi) is 7.06. The predicted molar refractivity (Wildman–Crippen MR) is 93.1 cm³/mol. The van der Waals surface area contributed by atoms with Crippen LogP contribution < -0.4 is 5.73 Å². The molecular weight excluding hydrogens is 288 g/mol. The van der Waals surface area contributed by atoms with Crippen LogP contribution in [0.5, 0.6) is 0 Å². The van der Waals surface area contributed by atoms with Gasteiger partial charge in [0.05, 0.1) is 18.8 Å². The number of carbonyl (C=O) groups excluding carboxylic acids is 1. The van der Waals surface area contributed by atoms with E-state index in [-0.39, 0.29) is 24.0 Å². The third-order valence-corrected chi connectivity index (χ3v) is 4.88. The highest BCUT2D eigenvalue weighted by Crippen LogP contribution is 2.17. The molecule has 2 N–H and O–H groups in total. The molecular formula is C19H30N2O2. The number of hydrogen-bond donors (Lipinski definition) is 1. The van der Waals surface area contributed by atoms with E-state index in [1.54, 1.807) is 0 Å². The van der Waals surface area contributed by atoms with E-state index in [1.807, 2.05) is 17.9 Å². The molecule has 1 heterocycles. The minimum absolute atomic E-state index is 0.0992. The predicted octanol–water partition coefficient (Wildman–Crippen LogP) is 2.61. The average molecular weight is 318 g/mol. The topological polar surface area (TPSA) is 55.6 Å². The Labute approximate surface area is 140 Å². The molecule has 128 valence electrons. The Morgan fingerprint density at radius 3 is 2.57 bits per heavy atom.